The van der Waals surface area contributed by atoms with Crippen LogP contribution in [0.15, 0.2) is 17.1 Å². The number of nitrogens with two attached hydrogens (primary N) is 1. The zero-order valence-electron chi connectivity index (χ0n) is 10.3. The summed E-state index contributed by atoms with van der Waals surface area (Å²) >= 11 is 0. The fourth-order valence-corrected chi connectivity index (χ4v) is 1.72. The van der Waals surface area contributed by atoms with Crippen molar-refractivity contribution in [3.8, 4) is 0 Å². The van der Waals surface area contributed by atoms with E-state index in [0.717, 1.165) is 12.3 Å². The van der Waals surface area contributed by atoms with Crippen molar-refractivity contribution in [2.45, 2.75) is 24.4 Å². The summed E-state index contributed by atoms with van der Waals surface area (Å²) in [5, 5.41) is 18.1. The van der Waals surface area contributed by atoms with E-state index in [1.165, 1.54) is 0 Å². The number of nitrogens with zero attached hydrogens (tertiary/aromatic N) is 2. The highest BCUT2D eigenvalue weighted by Gasteiger charge is 2.59. The van der Waals surface area contributed by atoms with Gasteiger partial charge in [-0.2, -0.15) is 13.8 Å². The van der Waals surface area contributed by atoms with Gasteiger partial charge in [-0.15, -0.1) is 50.9 Å². The Morgan fingerprint density at radius 2 is 2.00 bits per heavy atom. The number of rotatable bonds is 2. The molecule has 124 valence electrons. The topological polar surface area (TPSA) is 111 Å². The standard InChI is InChI=1S/C9H11F2N3O4.3BrH/c10-9(11)6(16)4(3-15)18-7(9)14-2-1-5(12)13-8(14)17;;;/h1-2,4,6-7,15-16H,3H2,(H2,12,13,17);3*1H/t4-,6-,7-;;;/m1.../s1. The molecule has 1 aliphatic rings. The number of anilines is 1. The van der Waals surface area contributed by atoms with Gasteiger partial charge in [0.2, 0.25) is 6.23 Å². The highest BCUT2D eigenvalue weighted by molar-refractivity contribution is 8.93. The van der Waals surface area contributed by atoms with Crippen molar-refractivity contribution in [2.75, 3.05) is 12.3 Å². The Kier molecular flexibility index (Phi) is 9.34. The molecular formula is C9H14Br3F2N3O4. The second-order valence-electron chi connectivity index (χ2n) is 3.87. The zero-order chi connectivity index (χ0) is 13.5. The fraction of sp³-hybridized carbons (Fsp3) is 0.556. The number of halogens is 5. The normalized spacial score (nSPS) is 26.2. The van der Waals surface area contributed by atoms with Crippen molar-refractivity contribution in [1.29, 1.82) is 0 Å². The maximum absolute atomic E-state index is 13.7. The van der Waals surface area contributed by atoms with Crippen LogP contribution in [0.3, 0.4) is 0 Å². The van der Waals surface area contributed by atoms with Crippen molar-refractivity contribution in [3.63, 3.8) is 0 Å². The van der Waals surface area contributed by atoms with E-state index >= 15 is 0 Å². The molecule has 12 heteroatoms. The summed E-state index contributed by atoms with van der Waals surface area (Å²) < 4.78 is 32.7. The highest BCUT2D eigenvalue weighted by Crippen LogP contribution is 2.41. The van der Waals surface area contributed by atoms with Crippen LogP contribution in [0.25, 0.3) is 0 Å². The Bertz CT molecular complexity index is 519. The van der Waals surface area contributed by atoms with Gasteiger partial charge in [0.05, 0.1) is 6.61 Å². The Hall–Kier alpha value is -0.140. The lowest BCUT2D eigenvalue weighted by atomic mass is 10.1. The molecule has 0 bridgehead atoms. The quantitative estimate of drug-likeness (QED) is 0.538. The molecule has 1 aromatic heterocycles. The summed E-state index contributed by atoms with van der Waals surface area (Å²) in [6.45, 7) is -0.787. The molecule has 1 aromatic rings. The average molecular weight is 506 g/mol. The molecule has 0 saturated carbocycles. The molecule has 0 spiro atoms. The Labute approximate surface area is 149 Å². The van der Waals surface area contributed by atoms with Gasteiger partial charge in [0.1, 0.15) is 11.9 Å². The van der Waals surface area contributed by atoms with E-state index in [4.69, 9.17) is 15.6 Å². The number of aliphatic hydroxyl groups is 2. The van der Waals surface area contributed by atoms with Gasteiger partial charge in [-0.05, 0) is 6.07 Å². The molecule has 1 fully saturated rings. The van der Waals surface area contributed by atoms with E-state index in [1.807, 2.05) is 0 Å². The van der Waals surface area contributed by atoms with Gasteiger partial charge in [0.25, 0.3) is 0 Å². The maximum atomic E-state index is 13.7. The third kappa shape index (κ3) is 4.20. The van der Waals surface area contributed by atoms with E-state index in [0.29, 0.717) is 4.57 Å². The number of hydrogen-bond donors (Lipinski definition) is 3. The first-order valence-corrected chi connectivity index (χ1v) is 5.04. The third-order valence-electron chi connectivity index (χ3n) is 2.66. The SMILES string of the molecule is Br.Br.Br.Nc1ccn([C@@H]2O[C@H](CO)[C@@H](O)C2(F)F)c(=O)n1. The summed E-state index contributed by atoms with van der Waals surface area (Å²) in [6, 6.07) is 1.15. The first kappa shape index (κ1) is 23.1. The number of aliphatic hydroxyl groups excluding tert-OH is 2. The molecule has 1 saturated heterocycles. The van der Waals surface area contributed by atoms with Gasteiger partial charge in [-0.3, -0.25) is 4.57 Å². The monoisotopic (exact) mass is 503 g/mol. The minimum absolute atomic E-state index is 0. The van der Waals surface area contributed by atoms with Crippen molar-refractivity contribution >= 4 is 56.8 Å². The second-order valence-corrected chi connectivity index (χ2v) is 3.87. The van der Waals surface area contributed by atoms with Gasteiger partial charge >= 0.3 is 11.6 Å². The lowest BCUT2D eigenvalue weighted by molar-refractivity contribution is -0.140. The number of ether oxygens (including phenoxy) is 1. The summed E-state index contributed by atoms with van der Waals surface area (Å²) in [7, 11) is 0. The van der Waals surface area contributed by atoms with Gasteiger partial charge in [0.15, 0.2) is 6.10 Å². The molecule has 4 N–H and O–H groups in total. The molecule has 2 heterocycles. The van der Waals surface area contributed by atoms with Crippen LogP contribution in [0.4, 0.5) is 14.6 Å². The molecule has 0 aromatic carbocycles. The smallest absolute Gasteiger partial charge is 0.351 e. The maximum Gasteiger partial charge on any atom is 0.351 e. The number of hydrogen-bond acceptors (Lipinski definition) is 6. The van der Waals surface area contributed by atoms with Crippen LogP contribution in [0.5, 0.6) is 0 Å². The molecular weight excluding hydrogens is 492 g/mol. The van der Waals surface area contributed by atoms with Crippen molar-refractivity contribution < 1.29 is 23.7 Å². The van der Waals surface area contributed by atoms with Gasteiger partial charge in [-0.25, -0.2) is 4.79 Å². The lowest BCUT2D eigenvalue weighted by Gasteiger charge is -2.20. The Morgan fingerprint density at radius 3 is 2.43 bits per heavy atom. The summed E-state index contributed by atoms with van der Waals surface area (Å²) in [5.41, 5.74) is 4.21. The first-order valence-electron chi connectivity index (χ1n) is 5.04. The fourth-order valence-electron chi connectivity index (χ4n) is 1.72. The summed E-state index contributed by atoms with van der Waals surface area (Å²) in [4.78, 5) is 14.7. The van der Waals surface area contributed by atoms with E-state index in [2.05, 4.69) is 4.98 Å². The first-order chi connectivity index (χ1) is 8.37. The van der Waals surface area contributed by atoms with Crippen LogP contribution < -0.4 is 11.4 Å². The second kappa shape index (κ2) is 8.48. The Morgan fingerprint density at radius 1 is 1.43 bits per heavy atom. The van der Waals surface area contributed by atoms with Gasteiger partial charge in [0, 0.05) is 6.20 Å². The van der Waals surface area contributed by atoms with E-state index in [9.17, 15) is 18.7 Å². The molecule has 3 atom stereocenters. The van der Waals surface area contributed by atoms with Crippen molar-refractivity contribution in [2.24, 2.45) is 0 Å². The summed E-state index contributed by atoms with van der Waals surface area (Å²) in [6.07, 6.45) is -4.69. The molecule has 0 radical (unpaired) electrons. The molecule has 21 heavy (non-hydrogen) atoms. The van der Waals surface area contributed by atoms with Crippen LogP contribution in [0.2, 0.25) is 0 Å². The molecule has 2 rings (SSSR count). The van der Waals surface area contributed by atoms with E-state index < -0.39 is 36.7 Å². The van der Waals surface area contributed by atoms with E-state index in [-0.39, 0.29) is 56.8 Å². The van der Waals surface area contributed by atoms with Gasteiger partial charge in [-0.1, -0.05) is 0 Å². The highest BCUT2D eigenvalue weighted by atomic mass is 79.9. The van der Waals surface area contributed by atoms with Crippen LogP contribution in [0, 0.1) is 0 Å². The number of aromatic nitrogens is 2. The predicted octanol–water partition coefficient (Wildman–Crippen LogP) is 0.445. The van der Waals surface area contributed by atoms with Crippen LogP contribution in [0.1, 0.15) is 6.23 Å². The molecule has 0 unspecified atom stereocenters. The molecule has 1 aliphatic heterocycles. The number of nitrogen functional groups attached to an aromatic ring is 1. The molecule has 0 amide bonds. The minimum atomic E-state index is -3.71. The van der Waals surface area contributed by atoms with Crippen molar-refractivity contribution in [1.82, 2.24) is 9.55 Å². The van der Waals surface area contributed by atoms with Crippen LogP contribution >= 0.6 is 50.9 Å². The van der Waals surface area contributed by atoms with Gasteiger partial charge < -0.3 is 20.7 Å². The molecule has 7 nitrogen and oxygen atoms in total. The van der Waals surface area contributed by atoms with E-state index in [1.54, 1.807) is 0 Å². The number of alkyl halides is 2. The predicted molar refractivity (Wildman–Crippen MR) is 85.8 cm³/mol. The Balaban J connectivity index is 0. The lowest BCUT2D eigenvalue weighted by Crippen LogP contribution is -2.41. The van der Waals surface area contributed by atoms with Crippen molar-refractivity contribution in [3.05, 3.63) is 22.7 Å². The van der Waals surface area contributed by atoms with Crippen LogP contribution in [-0.4, -0.2) is 44.5 Å². The third-order valence-corrected chi connectivity index (χ3v) is 2.66. The average Bonchev–Trinajstić information content (AvgIpc) is 2.52. The largest absolute Gasteiger partial charge is 0.394 e. The van der Waals surface area contributed by atoms with Crippen LogP contribution in [-0.2, 0) is 4.74 Å². The summed E-state index contributed by atoms with van der Waals surface area (Å²) in [5.74, 6) is -3.83. The minimum Gasteiger partial charge on any atom is -0.394 e. The molecule has 0 aliphatic carbocycles. The zero-order valence-corrected chi connectivity index (χ0v) is 15.4.